The molecule has 0 aromatic carbocycles. The normalized spacial score (nSPS) is 31.2. The van der Waals surface area contributed by atoms with Gasteiger partial charge in [-0.15, -0.1) is 0 Å². The van der Waals surface area contributed by atoms with Crippen LogP contribution in [-0.4, -0.2) is 66.8 Å². The van der Waals surface area contributed by atoms with E-state index in [1.54, 1.807) is 0 Å². The SMILES string of the molecule is Cc1nc2nc(N[C@@H]3CCC[C@H](CO)C3)nc(NC3CCC(C)(N4CCCC4)CC3)c2n1C. The molecule has 0 bridgehead atoms. The van der Waals surface area contributed by atoms with Crippen molar-refractivity contribution in [2.24, 2.45) is 13.0 Å². The number of aliphatic hydroxyl groups excluding tert-OH is 1. The molecule has 5 rings (SSSR count). The fourth-order valence-electron chi connectivity index (χ4n) is 6.31. The summed E-state index contributed by atoms with van der Waals surface area (Å²) in [7, 11) is 2.05. The number of imidazole rings is 1. The molecule has 1 saturated heterocycles. The lowest BCUT2D eigenvalue weighted by molar-refractivity contribution is 0.0874. The molecular formula is C25H41N7O. The van der Waals surface area contributed by atoms with Gasteiger partial charge in [-0.2, -0.15) is 9.97 Å². The lowest BCUT2D eigenvalue weighted by atomic mass is 9.79. The maximum Gasteiger partial charge on any atom is 0.227 e. The molecule has 3 heterocycles. The van der Waals surface area contributed by atoms with Crippen LogP contribution >= 0.6 is 0 Å². The third-order valence-corrected chi connectivity index (χ3v) is 8.60. The monoisotopic (exact) mass is 455 g/mol. The number of hydrogen-bond acceptors (Lipinski definition) is 7. The van der Waals surface area contributed by atoms with E-state index in [1.165, 1.54) is 51.6 Å². The predicted molar refractivity (Wildman–Crippen MR) is 133 cm³/mol. The lowest BCUT2D eigenvalue weighted by Gasteiger charge is -2.44. The lowest BCUT2D eigenvalue weighted by Crippen LogP contribution is -2.48. The summed E-state index contributed by atoms with van der Waals surface area (Å²) in [4.78, 5) is 17.2. The zero-order chi connectivity index (χ0) is 23.0. The molecule has 3 aliphatic rings. The van der Waals surface area contributed by atoms with Gasteiger partial charge in [-0.1, -0.05) is 6.42 Å². The van der Waals surface area contributed by atoms with E-state index in [1.807, 2.05) is 14.0 Å². The topological polar surface area (TPSA) is 91.1 Å². The van der Waals surface area contributed by atoms with Crippen molar-refractivity contribution in [3.8, 4) is 0 Å². The quantitative estimate of drug-likeness (QED) is 0.609. The van der Waals surface area contributed by atoms with Crippen LogP contribution < -0.4 is 10.6 Å². The molecule has 0 unspecified atom stereocenters. The second-order valence-electron chi connectivity index (χ2n) is 11.0. The fourth-order valence-corrected chi connectivity index (χ4v) is 6.31. The highest BCUT2D eigenvalue weighted by Gasteiger charge is 2.37. The molecule has 0 amide bonds. The van der Waals surface area contributed by atoms with Crippen molar-refractivity contribution in [3.63, 3.8) is 0 Å². The number of aryl methyl sites for hydroxylation is 2. The molecule has 2 atom stereocenters. The van der Waals surface area contributed by atoms with E-state index in [0.29, 0.717) is 29.5 Å². The molecule has 3 N–H and O–H groups in total. The highest BCUT2D eigenvalue weighted by molar-refractivity contribution is 5.85. The van der Waals surface area contributed by atoms with Crippen molar-refractivity contribution in [2.75, 3.05) is 30.3 Å². The van der Waals surface area contributed by atoms with Gasteiger partial charge in [0.05, 0.1) is 0 Å². The zero-order valence-electron chi connectivity index (χ0n) is 20.6. The van der Waals surface area contributed by atoms with Gasteiger partial charge in [0, 0.05) is 31.3 Å². The maximum atomic E-state index is 9.60. The van der Waals surface area contributed by atoms with Crippen LogP contribution in [0.3, 0.4) is 0 Å². The van der Waals surface area contributed by atoms with Crippen molar-refractivity contribution in [1.82, 2.24) is 24.4 Å². The van der Waals surface area contributed by atoms with Crippen molar-refractivity contribution in [3.05, 3.63) is 5.82 Å². The van der Waals surface area contributed by atoms with E-state index >= 15 is 0 Å². The fraction of sp³-hybridized carbons (Fsp3) is 0.800. The van der Waals surface area contributed by atoms with E-state index in [4.69, 9.17) is 15.0 Å². The first-order valence-corrected chi connectivity index (χ1v) is 13.1. The second-order valence-corrected chi connectivity index (χ2v) is 11.0. The first-order valence-electron chi connectivity index (χ1n) is 13.1. The van der Waals surface area contributed by atoms with Crippen LogP contribution in [0.2, 0.25) is 0 Å². The number of nitrogens with one attached hydrogen (secondary N) is 2. The standard InChI is InChI=1S/C25H41N7O/c1-17-26-22-21(31(17)3)23(30-24(29-22)28-20-8-6-7-18(15-20)16-33)27-19-9-11-25(2,12-10-19)32-13-4-5-14-32/h18-20,33H,4-16H2,1-3H3,(H2,27,28,29,30)/t18-,19?,20+,25?/m0/s1. The van der Waals surface area contributed by atoms with Gasteiger partial charge in [-0.25, -0.2) is 4.98 Å². The molecule has 2 saturated carbocycles. The van der Waals surface area contributed by atoms with Crippen molar-refractivity contribution in [2.45, 2.75) is 95.7 Å². The summed E-state index contributed by atoms with van der Waals surface area (Å²) in [6, 6.07) is 0.733. The van der Waals surface area contributed by atoms with Gasteiger partial charge in [-0.3, -0.25) is 4.90 Å². The Kier molecular flexibility index (Phi) is 6.49. The predicted octanol–water partition coefficient (Wildman–Crippen LogP) is 3.84. The number of fused-ring (bicyclic) bond motifs is 1. The Balaban J connectivity index is 1.33. The Bertz CT molecular complexity index is 959. The summed E-state index contributed by atoms with van der Waals surface area (Å²) in [5, 5.41) is 17.0. The van der Waals surface area contributed by atoms with Crippen molar-refractivity contribution >= 4 is 22.9 Å². The molecule has 3 fully saturated rings. The number of hydrogen-bond donors (Lipinski definition) is 3. The summed E-state index contributed by atoms with van der Waals surface area (Å²) in [5.74, 6) is 2.88. The molecule has 8 heteroatoms. The highest BCUT2D eigenvalue weighted by atomic mass is 16.3. The smallest absolute Gasteiger partial charge is 0.227 e. The number of rotatable bonds is 6. The highest BCUT2D eigenvalue weighted by Crippen LogP contribution is 2.37. The van der Waals surface area contributed by atoms with Gasteiger partial charge >= 0.3 is 0 Å². The molecule has 2 aromatic rings. The Labute approximate surface area is 197 Å². The zero-order valence-corrected chi connectivity index (χ0v) is 20.6. The summed E-state index contributed by atoms with van der Waals surface area (Å²) < 4.78 is 2.10. The van der Waals surface area contributed by atoms with Crippen LogP contribution in [-0.2, 0) is 7.05 Å². The maximum absolute atomic E-state index is 9.60. The molecule has 182 valence electrons. The average Bonchev–Trinajstić information content (AvgIpc) is 3.45. The van der Waals surface area contributed by atoms with Gasteiger partial charge in [0.15, 0.2) is 11.5 Å². The number of aromatic nitrogens is 4. The molecule has 0 radical (unpaired) electrons. The summed E-state index contributed by atoms with van der Waals surface area (Å²) in [5.41, 5.74) is 2.10. The van der Waals surface area contributed by atoms with Gasteiger partial charge in [0.2, 0.25) is 5.95 Å². The third-order valence-electron chi connectivity index (χ3n) is 8.60. The van der Waals surface area contributed by atoms with Gasteiger partial charge in [0.1, 0.15) is 11.3 Å². The van der Waals surface area contributed by atoms with Crippen LogP contribution in [0.4, 0.5) is 11.8 Å². The minimum absolute atomic E-state index is 0.266. The largest absolute Gasteiger partial charge is 0.396 e. The Morgan fingerprint density at radius 3 is 2.45 bits per heavy atom. The molecule has 1 aliphatic heterocycles. The Morgan fingerprint density at radius 2 is 1.73 bits per heavy atom. The van der Waals surface area contributed by atoms with Gasteiger partial charge in [0.25, 0.3) is 0 Å². The van der Waals surface area contributed by atoms with Crippen LogP contribution in [0.15, 0.2) is 0 Å². The minimum Gasteiger partial charge on any atom is -0.396 e. The summed E-state index contributed by atoms with van der Waals surface area (Å²) in [6.07, 6.45) is 11.8. The molecule has 8 nitrogen and oxygen atoms in total. The van der Waals surface area contributed by atoms with Gasteiger partial charge < -0.3 is 20.3 Å². The average molecular weight is 456 g/mol. The Hall–Kier alpha value is -1.93. The third kappa shape index (κ3) is 4.69. The van der Waals surface area contributed by atoms with Crippen LogP contribution in [0.1, 0.15) is 77.0 Å². The van der Waals surface area contributed by atoms with Crippen LogP contribution in [0.5, 0.6) is 0 Å². The van der Waals surface area contributed by atoms with E-state index < -0.39 is 0 Å². The number of aliphatic hydroxyl groups is 1. The summed E-state index contributed by atoms with van der Waals surface area (Å²) in [6.45, 7) is 7.29. The van der Waals surface area contributed by atoms with Crippen LogP contribution in [0.25, 0.3) is 11.2 Å². The number of nitrogens with zero attached hydrogens (tertiary/aromatic N) is 5. The van der Waals surface area contributed by atoms with Gasteiger partial charge in [-0.05, 0) is 90.6 Å². The number of likely N-dealkylation sites (tertiary alicyclic amines) is 1. The first-order chi connectivity index (χ1) is 15.9. The second kappa shape index (κ2) is 9.37. The van der Waals surface area contributed by atoms with E-state index in [2.05, 4.69) is 27.0 Å². The number of anilines is 2. The Morgan fingerprint density at radius 1 is 0.970 bits per heavy atom. The first kappa shape index (κ1) is 22.8. The molecule has 2 aromatic heterocycles. The minimum atomic E-state index is 0.266. The van der Waals surface area contributed by atoms with Crippen molar-refractivity contribution in [1.29, 1.82) is 0 Å². The summed E-state index contributed by atoms with van der Waals surface area (Å²) >= 11 is 0. The van der Waals surface area contributed by atoms with Crippen LogP contribution in [0, 0.1) is 12.8 Å². The molecule has 33 heavy (non-hydrogen) atoms. The van der Waals surface area contributed by atoms with Crippen molar-refractivity contribution < 1.29 is 5.11 Å². The molecule has 0 spiro atoms. The molecular weight excluding hydrogens is 414 g/mol. The van der Waals surface area contributed by atoms with E-state index in [0.717, 1.165) is 48.5 Å². The molecule has 2 aliphatic carbocycles. The van der Waals surface area contributed by atoms with E-state index in [9.17, 15) is 5.11 Å². The van der Waals surface area contributed by atoms with E-state index in [-0.39, 0.29) is 6.61 Å².